The van der Waals surface area contributed by atoms with Gasteiger partial charge >= 0.3 is 0 Å². The average molecular weight is 217 g/mol. The highest BCUT2D eigenvalue weighted by molar-refractivity contribution is 7.99. The highest BCUT2D eigenvalue weighted by Crippen LogP contribution is 2.23. The van der Waals surface area contributed by atoms with Crippen molar-refractivity contribution in [1.82, 2.24) is 4.90 Å². The van der Waals surface area contributed by atoms with Crippen molar-refractivity contribution in [2.45, 2.75) is 38.6 Å². The van der Waals surface area contributed by atoms with Crippen LogP contribution in [0.5, 0.6) is 0 Å². The molecule has 2 N–H and O–H groups in total. The van der Waals surface area contributed by atoms with Gasteiger partial charge in [0.25, 0.3) is 6.92 Å². The van der Waals surface area contributed by atoms with Crippen molar-refractivity contribution in [2.24, 2.45) is 0 Å². The fourth-order valence-corrected chi connectivity index (χ4v) is 2.70. The van der Waals surface area contributed by atoms with Crippen molar-refractivity contribution in [3.05, 3.63) is 0 Å². The third-order valence-corrected chi connectivity index (χ3v) is 3.50. The van der Waals surface area contributed by atoms with E-state index in [2.05, 4.69) is 11.8 Å². The molecule has 0 saturated carbocycles. The van der Waals surface area contributed by atoms with E-state index < -0.39 is 0 Å². The summed E-state index contributed by atoms with van der Waals surface area (Å²) in [6, 6.07) is 0.365. The summed E-state index contributed by atoms with van der Waals surface area (Å²) in [4.78, 5) is 2.28. The van der Waals surface area contributed by atoms with Gasteiger partial charge in [0.2, 0.25) is 0 Å². The van der Waals surface area contributed by atoms with E-state index >= 15 is 0 Å². The Morgan fingerprint density at radius 1 is 1.57 bits per heavy atom. The lowest BCUT2D eigenvalue weighted by Gasteiger charge is -2.23. The van der Waals surface area contributed by atoms with Gasteiger partial charge in [0.05, 0.1) is 6.10 Å². The molecule has 1 rings (SSSR count). The molecule has 82 valence electrons. The topological polar surface area (TPSA) is 43.7 Å². The molecule has 0 aromatic rings. The highest BCUT2D eigenvalue weighted by Gasteiger charge is 2.31. The van der Waals surface area contributed by atoms with E-state index in [1.165, 1.54) is 0 Å². The fraction of sp³-hybridized carbons (Fsp3) is 1.00. The summed E-state index contributed by atoms with van der Waals surface area (Å²) in [5.41, 5.74) is 0. The smallest absolute Gasteiger partial charge is 0.287 e. The molecule has 0 aromatic carbocycles. The molecule has 0 bridgehead atoms. The van der Waals surface area contributed by atoms with Crippen molar-refractivity contribution in [2.75, 3.05) is 18.2 Å². The molecular formula is C9H20BNO2S. The Bertz CT molecular complexity index is 171. The van der Waals surface area contributed by atoms with Crippen molar-refractivity contribution >= 4 is 18.7 Å². The van der Waals surface area contributed by atoms with Crippen LogP contribution >= 0.6 is 11.8 Å². The van der Waals surface area contributed by atoms with Gasteiger partial charge in [0.1, 0.15) is 0 Å². The van der Waals surface area contributed by atoms with Crippen LogP contribution in [0.1, 0.15) is 13.3 Å². The number of aliphatic hydroxyl groups excluding tert-OH is 1. The second-order valence-corrected chi connectivity index (χ2v) is 5.27. The van der Waals surface area contributed by atoms with Crippen LogP contribution in [0.15, 0.2) is 0 Å². The van der Waals surface area contributed by atoms with Crippen LogP contribution in [0.2, 0.25) is 13.1 Å². The van der Waals surface area contributed by atoms with E-state index in [1.54, 1.807) is 0 Å². The first kappa shape index (κ1) is 12.4. The molecule has 1 heterocycles. The van der Waals surface area contributed by atoms with Crippen LogP contribution in [0.25, 0.3) is 0 Å². The predicted molar refractivity (Wildman–Crippen MR) is 62.8 cm³/mol. The maximum atomic E-state index is 9.55. The molecular weight excluding hydrogens is 197 g/mol. The summed E-state index contributed by atoms with van der Waals surface area (Å²) >= 11 is 1.87. The van der Waals surface area contributed by atoms with E-state index in [0.29, 0.717) is 6.04 Å². The monoisotopic (exact) mass is 217 g/mol. The second-order valence-electron chi connectivity index (χ2n) is 4.02. The zero-order chi connectivity index (χ0) is 10.6. The third kappa shape index (κ3) is 3.81. The lowest BCUT2D eigenvalue weighted by molar-refractivity contribution is 0.181. The Kier molecular flexibility index (Phi) is 5.30. The Balaban J connectivity index is 2.37. The van der Waals surface area contributed by atoms with Crippen LogP contribution in [0, 0.1) is 0 Å². The first-order valence-corrected chi connectivity index (χ1v) is 6.46. The number of β-amino-alcohol motifs (C(OH)–C–C–N with tert-alkyl or cyclic N) is 1. The SMILES string of the molecule is CCSCN1CC(O)CC1CB(C)O. The van der Waals surface area contributed by atoms with Crippen LogP contribution in [-0.4, -0.2) is 52.3 Å². The Morgan fingerprint density at radius 3 is 2.86 bits per heavy atom. The summed E-state index contributed by atoms with van der Waals surface area (Å²) in [5, 5.41) is 18.9. The minimum absolute atomic E-state index is 0.198. The maximum Gasteiger partial charge on any atom is 0.287 e. The van der Waals surface area contributed by atoms with Crippen LogP contribution in [-0.2, 0) is 0 Å². The number of thioether (sulfide) groups is 1. The quantitative estimate of drug-likeness (QED) is 0.667. The molecule has 0 amide bonds. The number of hydrogen-bond donors (Lipinski definition) is 2. The summed E-state index contributed by atoms with van der Waals surface area (Å²) in [6.45, 7) is 4.46. The number of nitrogens with zero attached hydrogens (tertiary/aromatic N) is 1. The Hall–Kier alpha value is 0.295. The van der Waals surface area contributed by atoms with Gasteiger partial charge in [0, 0.05) is 18.5 Å². The molecule has 2 atom stereocenters. The molecule has 3 nitrogen and oxygen atoms in total. The predicted octanol–water partition coefficient (Wildman–Crippen LogP) is 0.746. The largest absolute Gasteiger partial charge is 0.451 e. The second kappa shape index (κ2) is 6.00. The van der Waals surface area contributed by atoms with Crippen molar-refractivity contribution < 1.29 is 10.1 Å². The van der Waals surface area contributed by atoms with E-state index in [0.717, 1.165) is 30.9 Å². The van der Waals surface area contributed by atoms with Gasteiger partial charge in [0.15, 0.2) is 0 Å². The number of aliphatic hydroxyl groups is 1. The van der Waals surface area contributed by atoms with Crippen molar-refractivity contribution in [1.29, 1.82) is 0 Å². The molecule has 1 aliphatic heterocycles. The molecule has 14 heavy (non-hydrogen) atoms. The minimum atomic E-state index is -0.264. The van der Waals surface area contributed by atoms with Crippen LogP contribution < -0.4 is 0 Å². The first-order valence-electron chi connectivity index (χ1n) is 5.31. The number of hydrogen-bond acceptors (Lipinski definition) is 4. The standard InChI is InChI=1S/C9H20BNO2S/c1-3-14-7-11-6-9(12)4-8(11)5-10(2)13/h8-9,12-13H,3-7H2,1-2H3. The molecule has 0 aromatic heterocycles. The molecule has 2 unspecified atom stereocenters. The number of rotatable bonds is 5. The molecule has 0 spiro atoms. The Morgan fingerprint density at radius 2 is 2.29 bits per heavy atom. The van der Waals surface area contributed by atoms with Crippen molar-refractivity contribution in [3.8, 4) is 0 Å². The summed E-state index contributed by atoms with van der Waals surface area (Å²) in [6.07, 6.45) is 1.40. The maximum absolute atomic E-state index is 9.55. The first-order chi connectivity index (χ1) is 6.63. The average Bonchev–Trinajstić information content (AvgIpc) is 2.41. The third-order valence-electron chi connectivity index (χ3n) is 2.58. The van der Waals surface area contributed by atoms with E-state index in [-0.39, 0.29) is 13.0 Å². The zero-order valence-electron chi connectivity index (χ0n) is 9.02. The Labute approximate surface area is 91.0 Å². The fourth-order valence-electron chi connectivity index (χ4n) is 1.96. The van der Waals surface area contributed by atoms with Gasteiger partial charge in [-0.1, -0.05) is 13.7 Å². The van der Waals surface area contributed by atoms with Gasteiger partial charge in [-0.2, -0.15) is 0 Å². The van der Waals surface area contributed by atoms with Gasteiger partial charge in [-0.15, -0.1) is 11.8 Å². The van der Waals surface area contributed by atoms with Crippen LogP contribution in [0.3, 0.4) is 0 Å². The molecule has 1 aliphatic rings. The molecule has 1 saturated heterocycles. The molecule has 5 heteroatoms. The van der Waals surface area contributed by atoms with E-state index in [4.69, 9.17) is 0 Å². The van der Waals surface area contributed by atoms with Gasteiger partial charge in [-0.25, -0.2) is 0 Å². The zero-order valence-corrected chi connectivity index (χ0v) is 9.83. The number of likely N-dealkylation sites (tertiary alicyclic amines) is 1. The van der Waals surface area contributed by atoms with E-state index in [9.17, 15) is 10.1 Å². The van der Waals surface area contributed by atoms with Crippen molar-refractivity contribution in [3.63, 3.8) is 0 Å². The normalized spacial score (nSPS) is 28.3. The minimum Gasteiger partial charge on any atom is -0.451 e. The summed E-state index contributed by atoms with van der Waals surface area (Å²) < 4.78 is 0. The lowest BCUT2D eigenvalue weighted by Crippen LogP contribution is -2.32. The van der Waals surface area contributed by atoms with E-state index in [1.807, 2.05) is 18.6 Å². The summed E-state index contributed by atoms with van der Waals surface area (Å²) in [5.74, 6) is 2.08. The molecule has 0 radical (unpaired) electrons. The lowest BCUT2D eigenvalue weighted by atomic mass is 9.65. The molecule has 1 fully saturated rings. The van der Waals surface area contributed by atoms with Crippen LogP contribution in [0.4, 0.5) is 0 Å². The summed E-state index contributed by atoms with van der Waals surface area (Å²) in [7, 11) is 0. The molecule has 0 aliphatic carbocycles. The van der Waals surface area contributed by atoms with Gasteiger partial charge in [-0.05, 0) is 18.5 Å². The highest BCUT2D eigenvalue weighted by atomic mass is 32.2. The van der Waals surface area contributed by atoms with Gasteiger partial charge < -0.3 is 10.1 Å². The van der Waals surface area contributed by atoms with Gasteiger partial charge in [-0.3, -0.25) is 4.90 Å².